The first kappa shape index (κ1) is 11.9. The highest BCUT2D eigenvalue weighted by Crippen LogP contribution is 2.37. The molecule has 1 N–H and O–H groups in total. The van der Waals surface area contributed by atoms with Crippen LogP contribution in [-0.4, -0.2) is 22.9 Å². The van der Waals surface area contributed by atoms with Crippen LogP contribution in [0.2, 0.25) is 0 Å². The summed E-state index contributed by atoms with van der Waals surface area (Å²) < 4.78 is 4.30. The van der Waals surface area contributed by atoms with Crippen molar-refractivity contribution in [2.45, 2.75) is 23.5 Å². The Balaban J connectivity index is 2.94. The molecule has 0 spiro atoms. The maximum atomic E-state index is 11.0. The average Bonchev–Trinajstić information content (AvgIpc) is 2.18. The molecule has 0 saturated carbocycles. The third-order valence-electron chi connectivity index (χ3n) is 1.95. The molecule has 0 aromatic heterocycles. The lowest BCUT2D eigenvalue weighted by molar-refractivity contribution is -0.138. The van der Waals surface area contributed by atoms with Gasteiger partial charge in [0.25, 0.3) is 0 Å². The van der Waals surface area contributed by atoms with Gasteiger partial charge in [0.05, 0.1) is 12.0 Å². The van der Waals surface area contributed by atoms with Crippen molar-refractivity contribution in [3.8, 4) is 5.75 Å². The fourth-order valence-corrected chi connectivity index (χ4v) is 2.06. The quantitative estimate of drug-likeness (QED) is 0.802. The van der Waals surface area contributed by atoms with E-state index in [-0.39, 0.29) is 0 Å². The molecule has 15 heavy (non-hydrogen) atoms. The summed E-state index contributed by atoms with van der Waals surface area (Å²) in [5.74, 6) is -0.129. The smallest absolute Gasteiger partial charge is 0.319 e. The number of carboxylic acids is 1. The minimum absolute atomic E-state index is 0.705. The summed E-state index contributed by atoms with van der Waals surface area (Å²) in [6, 6.07) is 7.40. The molecule has 82 valence electrons. The summed E-state index contributed by atoms with van der Waals surface area (Å²) in [6.07, 6.45) is 0. The van der Waals surface area contributed by atoms with Crippen LogP contribution in [0.3, 0.4) is 0 Å². The Morgan fingerprint density at radius 2 is 2.00 bits per heavy atom. The molecule has 0 aliphatic carbocycles. The molecule has 4 heteroatoms. The molecule has 1 aromatic rings. The van der Waals surface area contributed by atoms with Gasteiger partial charge in [-0.05, 0) is 26.0 Å². The first-order chi connectivity index (χ1) is 6.97. The number of methoxy groups -OCH3 is 1. The first-order valence-corrected chi connectivity index (χ1v) is 5.34. The Morgan fingerprint density at radius 3 is 2.53 bits per heavy atom. The zero-order chi connectivity index (χ0) is 11.5. The largest absolute Gasteiger partial charge is 0.496 e. The maximum absolute atomic E-state index is 11.0. The van der Waals surface area contributed by atoms with Crippen molar-refractivity contribution < 1.29 is 14.6 Å². The van der Waals surface area contributed by atoms with E-state index in [1.165, 1.54) is 11.8 Å². The molecule has 0 fully saturated rings. The summed E-state index contributed by atoms with van der Waals surface area (Å²) in [5.41, 5.74) is 0. The average molecular weight is 226 g/mol. The lowest BCUT2D eigenvalue weighted by atomic mass is 10.2. The van der Waals surface area contributed by atoms with Crippen LogP contribution in [0, 0.1) is 0 Å². The van der Waals surface area contributed by atoms with Gasteiger partial charge in [-0.1, -0.05) is 12.1 Å². The SMILES string of the molecule is COc1ccccc1SC(C)(C)C(=O)O. The second-order valence-electron chi connectivity index (χ2n) is 3.57. The predicted molar refractivity (Wildman–Crippen MR) is 60.6 cm³/mol. The highest BCUT2D eigenvalue weighted by molar-refractivity contribution is 8.01. The monoisotopic (exact) mass is 226 g/mol. The van der Waals surface area contributed by atoms with E-state index in [4.69, 9.17) is 9.84 Å². The van der Waals surface area contributed by atoms with E-state index in [1.54, 1.807) is 21.0 Å². The molecule has 0 saturated heterocycles. The van der Waals surface area contributed by atoms with E-state index in [0.717, 1.165) is 4.90 Å². The minimum Gasteiger partial charge on any atom is -0.496 e. The number of hydrogen-bond acceptors (Lipinski definition) is 3. The van der Waals surface area contributed by atoms with E-state index in [0.29, 0.717) is 5.75 Å². The van der Waals surface area contributed by atoms with Crippen LogP contribution in [0.4, 0.5) is 0 Å². The Kier molecular flexibility index (Phi) is 3.63. The zero-order valence-electron chi connectivity index (χ0n) is 8.98. The number of carboxylic acid groups (broad SMARTS) is 1. The molecule has 0 aliphatic rings. The fraction of sp³-hybridized carbons (Fsp3) is 0.364. The van der Waals surface area contributed by atoms with Gasteiger partial charge in [0.2, 0.25) is 0 Å². The van der Waals surface area contributed by atoms with Crippen LogP contribution < -0.4 is 4.74 Å². The summed E-state index contributed by atoms with van der Waals surface area (Å²) in [5, 5.41) is 9.00. The van der Waals surface area contributed by atoms with Gasteiger partial charge in [-0.15, -0.1) is 11.8 Å². The lowest BCUT2D eigenvalue weighted by Gasteiger charge is -2.19. The summed E-state index contributed by atoms with van der Waals surface area (Å²) in [4.78, 5) is 11.8. The molecule has 0 amide bonds. The number of carbonyl (C=O) groups is 1. The third kappa shape index (κ3) is 2.89. The fourth-order valence-electron chi connectivity index (χ4n) is 1.02. The first-order valence-electron chi connectivity index (χ1n) is 4.53. The van der Waals surface area contributed by atoms with E-state index < -0.39 is 10.7 Å². The Bertz CT molecular complexity index is 361. The Labute approximate surface area is 93.4 Å². The summed E-state index contributed by atoms with van der Waals surface area (Å²) >= 11 is 1.28. The van der Waals surface area contributed by atoms with Crippen molar-refractivity contribution in [3.63, 3.8) is 0 Å². The van der Waals surface area contributed by atoms with Crippen LogP contribution in [-0.2, 0) is 4.79 Å². The zero-order valence-corrected chi connectivity index (χ0v) is 9.80. The normalized spacial score (nSPS) is 11.1. The van der Waals surface area contributed by atoms with Gasteiger partial charge in [0.1, 0.15) is 10.5 Å². The van der Waals surface area contributed by atoms with Gasteiger partial charge in [-0.25, -0.2) is 0 Å². The van der Waals surface area contributed by atoms with Gasteiger partial charge in [0, 0.05) is 0 Å². The minimum atomic E-state index is -0.853. The second kappa shape index (κ2) is 4.57. The molecule has 0 heterocycles. The number of thioether (sulfide) groups is 1. The van der Waals surface area contributed by atoms with Gasteiger partial charge in [-0.2, -0.15) is 0 Å². The molecular weight excluding hydrogens is 212 g/mol. The number of ether oxygens (including phenoxy) is 1. The molecule has 0 atom stereocenters. The lowest BCUT2D eigenvalue weighted by Crippen LogP contribution is -2.26. The van der Waals surface area contributed by atoms with Crippen LogP contribution >= 0.6 is 11.8 Å². The number of hydrogen-bond donors (Lipinski definition) is 1. The standard InChI is InChI=1S/C11H14O3S/c1-11(2,10(12)13)15-9-7-5-4-6-8(9)14-3/h4-7H,1-3H3,(H,12,13). The van der Waals surface area contributed by atoms with Gasteiger partial charge < -0.3 is 9.84 Å². The molecule has 0 radical (unpaired) electrons. The van der Waals surface area contributed by atoms with Crippen LogP contribution in [0.5, 0.6) is 5.75 Å². The number of aliphatic carboxylic acids is 1. The highest BCUT2D eigenvalue weighted by atomic mass is 32.2. The molecule has 0 aliphatic heterocycles. The second-order valence-corrected chi connectivity index (χ2v) is 5.23. The summed E-state index contributed by atoms with van der Waals surface area (Å²) in [7, 11) is 1.58. The number of rotatable bonds is 4. The van der Waals surface area contributed by atoms with E-state index in [1.807, 2.05) is 24.3 Å². The maximum Gasteiger partial charge on any atom is 0.319 e. The number of benzene rings is 1. The molecule has 1 aromatic carbocycles. The van der Waals surface area contributed by atoms with Crippen LogP contribution in [0.25, 0.3) is 0 Å². The van der Waals surface area contributed by atoms with Crippen molar-refractivity contribution in [1.29, 1.82) is 0 Å². The van der Waals surface area contributed by atoms with Crippen molar-refractivity contribution in [2.75, 3.05) is 7.11 Å². The number of para-hydroxylation sites is 1. The Morgan fingerprint density at radius 1 is 1.40 bits per heavy atom. The van der Waals surface area contributed by atoms with Crippen molar-refractivity contribution in [1.82, 2.24) is 0 Å². The molecule has 3 nitrogen and oxygen atoms in total. The molecular formula is C11H14O3S. The molecule has 1 rings (SSSR count). The Hall–Kier alpha value is -1.16. The van der Waals surface area contributed by atoms with Gasteiger partial charge in [-0.3, -0.25) is 4.79 Å². The van der Waals surface area contributed by atoms with Crippen molar-refractivity contribution >= 4 is 17.7 Å². The highest BCUT2D eigenvalue weighted by Gasteiger charge is 2.29. The van der Waals surface area contributed by atoms with E-state index in [9.17, 15) is 4.79 Å². The third-order valence-corrected chi connectivity index (χ3v) is 3.19. The topological polar surface area (TPSA) is 46.5 Å². The van der Waals surface area contributed by atoms with Crippen molar-refractivity contribution in [2.24, 2.45) is 0 Å². The predicted octanol–water partition coefficient (Wildman–Crippen LogP) is 2.65. The van der Waals surface area contributed by atoms with E-state index in [2.05, 4.69) is 0 Å². The van der Waals surface area contributed by atoms with Crippen molar-refractivity contribution in [3.05, 3.63) is 24.3 Å². The van der Waals surface area contributed by atoms with Crippen LogP contribution in [0.1, 0.15) is 13.8 Å². The molecule has 0 unspecified atom stereocenters. The van der Waals surface area contributed by atoms with Crippen LogP contribution in [0.15, 0.2) is 29.2 Å². The van der Waals surface area contributed by atoms with Gasteiger partial charge in [0.15, 0.2) is 0 Å². The van der Waals surface area contributed by atoms with E-state index >= 15 is 0 Å². The molecule has 0 bridgehead atoms. The van der Waals surface area contributed by atoms with Gasteiger partial charge >= 0.3 is 5.97 Å². The summed E-state index contributed by atoms with van der Waals surface area (Å²) in [6.45, 7) is 3.35.